The molecule has 0 unspecified atom stereocenters. The maximum Gasteiger partial charge on any atom is 0.437 e. The molecule has 1 N–H and O–H groups in total. The number of nitrogens with zero attached hydrogens (tertiary/aromatic N) is 1. The number of benzene rings is 1. The average Bonchev–Trinajstić information content (AvgIpc) is 2.85. The van der Waals surface area contributed by atoms with E-state index in [1.54, 1.807) is 0 Å². The van der Waals surface area contributed by atoms with E-state index >= 15 is 0 Å². The van der Waals surface area contributed by atoms with E-state index in [4.69, 9.17) is 44.4 Å². The summed E-state index contributed by atoms with van der Waals surface area (Å²) in [5.74, 6) is 1.21. The maximum atomic E-state index is 12.6. The Kier molecular flexibility index (Phi) is 16.5. The van der Waals surface area contributed by atoms with E-state index in [-0.39, 0.29) is 12.6 Å². The molecule has 1 aliphatic rings. The molecule has 0 saturated carbocycles. The Morgan fingerprint density at radius 3 is 2.25 bits per heavy atom. The number of rotatable bonds is 16. The average molecular weight is 582 g/mol. The van der Waals surface area contributed by atoms with Crippen LogP contribution in [-0.2, 0) is 16.2 Å². The molecule has 1 aromatic carbocycles. The standard InChI is InChI=1S/C27H43Cl3N2O3S/c1-2-3-4-5-6-7-8-9-10-14-19-36-22-24-17-18-25(20-31-24)32(26(33)35-27(28,29)30)34-21-23-15-12-11-13-16-23/h11-13,15-16,22,24-25,31,36H,2-10,14,17-21H2,1H3/t24-,25+/m0/s1. The summed E-state index contributed by atoms with van der Waals surface area (Å²) in [6.07, 6.45) is 14.5. The summed E-state index contributed by atoms with van der Waals surface area (Å²) in [6, 6.07) is 9.73. The number of halogens is 3. The van der Waals surface area contributed by atoms with Crippen molar-refractivity contribution in [2.45, 2.75) is 107 Å². The van der Waals surface area contributed by atoms with Gasteiger partial charge in [-0.15, -0.1) is 0 Å². The van der Waals surface area contributed by atoms with E-state index in [1.807, 2.05) is 30.3 Å². The summed E-state index contributed by atoms with van der Waals surface area (Å²) >= 11 is 18.4. The van der Waals surface area contributed by atoms with E-state index in [1.165, 1.54) is 86.4 Å². The molecule has 1 aromatic rings. The van der Waals surface area contributed by atoms with Gasteiger partial charge in [-0.25, -0.2) is 16.1 Å². The highest BCUT2D eigenvalue weighted by Crippen LogP contribution is 2.29. The normalized spacial score (nSPS) is 18.7. The highest BCUT2D eigenvalue weighted by molar-refractivity contribution is 7.97. The van der Waals surface area contributed by atoms with E-state index in [0.29, 0.717) is 12.6 Å². The summed E-state index contributed by atoms with van der Waals surface area (Å²) < 4.78 is 2.80. The zero-order valence-corrected chi connectivity index (χ0v) is 24.6. The van der Waals surface area contributed by atoms with E-state index < -0.39 is 10.1 Å². The number of amides is 1. The van der Waals surface area contributed by atoms with Crippen molar-refractivity contribution in [1.29, 1.82) is 0 Å². The first kappa shape index (κ1) is 31.7. The minimum atomic E-state index is -2.14. The quantitative estimate of drug-likeness (QED) is 0.0679. The number of alkyl halides is 3. The lowest BCUT2D eigenvalue weighted by Gasteiger charge is -2.35. The van der Waals surface area contributed by atoms with E-state index in [9.17, 15) is 4.79 Å². The van der Waals surface area contributed by atoms with Crippen molar-refractivity contribution in [3.63, 3.8) is 0 Å². The largest absolute Gasteiger partial charge is 0.437 e. The molecule has 1 amide bonds. The summed E-state index contributed by atoms with van der Waals surface area (Å²) in [4.78, 5) is 18.5. The number of carbonyl (C=O) groups excluding carboxylic acids is 1. The molecule has 9 heteroatoms. The predicted molar refractivity (Wildman–Crippen MR) is 156 cm³/mol. The number of hydrogen-bond acceptors (Lipinski definition) is 4. The molecule has 5 nitrogen and oxygen atoms in total. The van der Waals surface area contributed by atoms with Gasteiger partial charge in [0.1, 0.15) is 6.61 Å². The van der Waals surface area contributed by atoms with Gasteiger partial charge in [-0.05, 0) is 70.7 Å². The molecule has 1 heterocycles. The van der Waals surface area contributed by atoms with Crippen molar-refractivity contribution >= 4 is 57.6 Å². The van der Waals surface area contributed by atoms with Crippen LogP contribution in [0.4, 0.5) is 4.79 Å². The topological polar surface area (TPSA) is 50.8 Å². The third kappa shape index (κ3) is 14.4. The lowest BCUT2D eigenvalue weighted by Crippen LogP contribution is -2.52. The van der Waals surface area contributed by atoms with Crippen molar-refractivity contribution in [1.82, 2.24) is 10.4 Å². The Hall–Kier alpha value is -0.500. The third-order valence-corrected chi connectivity index (χ3v) is 7.66. The lowest BCUT2D eigenvalue weighted by atomic mass is 10.0. The number of hydroxylamine groups is 2. The van der Waals surface area contributed by atoms with Gasteiger partial charge >= 0.3 is 10.1 Å². The van der Waals surface area contributed by atoms with Gasteiger partial charge in [-0.3, -0.25) is 4.84 Å². The van der Waals surface area contributed by atoms with Gasteiger partial charge in [0.25, 0.3) is 0 Å². The molecular weight excluding hydrogens is 539 g/mol. The van der Waals surface area contributed by atoms with Crippen molar-refractivity contribution < 1.29 is 14.4 Å². The highest BCUT2D eigenvalue weighted by Gasteiger charge is 2.35. The molecule has 206 valence electrons. The molecule has 36 heavy (non-hydrogen) atoms. The molecule has 1 fully saturated rings. The zero-order chi connectivity index (χ0) is 26.1. The Morgan fingerprint density at radius 2 is 1.67 bits per heavy atom. The van der Waals surface area contributed by atoms with Crippen LogP contribution in [0.2, 0.25) is 0 Å². The van der Waals surface area contributed by atoms with Crippen LogP contribution in [0.15, 0.2) is 30.3 Å². The Balaban J connectivity index is 1.67. The number of thiol groups is 1. The second kappa shape index (κ2) is 18.7. The van der Waals surface area contributed by atoms with Crippen LogP contribution < -0.4 is 5.32 Å². The summed E-state index contributed by atoms with van der Waals surface area (Å²) in [6.45, 7) is 3.07. The minimum absolute atomic E-state index is 0.211. The molecule has 0 bridgehead atoms. The maximum absolute atomic E-state index is 12.6. The van der Waals surface area contributed by atoms with E-state index in [2.05, 4.69) is 17.6 Å². The molecule has 1 saturated heterocycles. The fourth-order valence-electron chi connectivity index (χ4n) is 4.25. The van der Waals surface area contributed by atoms with Gasteiger partial charge in [-0.1, -0.05) is 95.0 Å². The molecular formula is C27H43Cl3N2O3S. The fraction of sp³-hybridized carbons (Fsp3) is 0.704. The molecule has 0 spiro atoms. The van der Waals surface area contributed by atoms with Gasteiger partial charge in [-0.2, -0.15) is 5.06 Å². The van der Waals surface area contributed by atoms with Gasteiger partial charge in [0.05, 0.1) is 6.04 Å². The zero-order valence-electron chi connectivity index (χ0n) is 21.5. The number of hydrogen-bond donors (Lipinski definition) is 2. The predicted octanol–water partition coefficient (Wildman–Crippen LogP) is 8.19. The number of carbonyl (C=O) groups is 1. The summed E-state index contributed by atoms with van der Waals surface area (Å²) in [5.41, 5.74) is 0.935. The minimum Gasteiger partial charge on any atom is -0.396 e. The number of piperidine rings is 1. The lowest BCUT2D eigenvalue weighted by molar-refractivity contribution is -0.174. The second-order valence-corrected chi connectivity index (χ2v) is 12.7. The van der Waals surface area contributed by atoms with Crippen LogP contribution >= 0.6 is 46.2 Å². The summed E-state index contributed by atoms with van der Waals surface area (Å²) in [5, 5.41) is 7.07. The third-order valence-electron chi connectivity index (χ3n) is 6.28. The first-order valence-corrected chi connectivity index (χ1v) is 15.7. The number of ether oxygens (including phenoxy) is 1. The first-order chi connectivity index (χ1) is 17.4. The first-order valence-electron chi connectivity index (χ1n) is 13.4. The summed E-state index contributed by atoms with van der Waals surface area (Å²) in [7, 11) is 0. The number of nitrogens with one attached hydrogen (secondary N) is 1. The molecule has 0 aliphatic carbocycles. The van der Waals surface area contributed by atoms with Gasteiger partial charge < -0.3 is 10.1 Å². The number of unbranched alkanes of at least 4 members (excludes halogenated alkanes) is 9. The van der Waals surface area contributed by atoms with Crippen LogP contribution in [-0.4, -0.2) is 44.9 Å². The van der Waals surface area contributed by atoms with Crippen molar-refractivity contribution in [2.24, 2.45) is 0 Å². The smallest absolute Gasteiger partial charge is 0.396 e. The van der Waals surface area contributed by atoms with Crippen molar-refractivity contribution in [3.05, 3.63) is 35.9 Å². The van der Waals surface area contributed by atoms with Crippen LogP contribution in [0.25, 0.3) is 0 Å². The van der Waals surface area contributed by atoms with Gasteiger partial charge in [0.2, 0.25) is 0 Å². The Labute approximate surface area is 236 Å². The Morgan fingerprint density at radius 1 is 1.03 bits per heavy atom. The monoisotopic (exact) mass is 580 g/mol. The molecule has 2 rings (SSSR count). The van der Waals surface area contributed by atoms with Crippen molar-refractivity contribution in [3.8, 4) is 0 Å². The molecule has 0 aromatic heterocycles. The molecule has 2 atom stereocenters. The molecule has 0 radical (unpaired) electrons. The van der Waals surface area contributed by atoms with Crippen LogP contribution in [0, 0.1) is 0 Å². The van der Waals surface area contributed by atoms with Gasteiger partial charge in [0.15, 0.2) is 0 Å². The van der Waals surface area contributed by atoms with Crippen LogP contribution in [0.1, 0.15) is 89.5 Å². The fourth-order valence-corrected chi connectivity index (χ4v) is 5.51. The second-order valence-electron chi connectivity index (χ2n) is 9.38. The molecule has 1 aliphatic heterocycles. The highest BCUT2D eigenvalue weighted by atomic mass is 35.6. The van der Waals surface area contributed by atoms with Gasteiger partial charge in [0, 0.05) is 12.6 Å². The van der Waals surface area contributed by atoms with Crippen LogP contribution in [0.5, 0.6) is 0 Å². The van der Waals surface area contributed by atoms with Crippen LogP contribution in [0.3, 0.4) is 0 Å². The van der Waals surface area contributed by atoms with Crippen molar-refractivity contribution in [2.75, 3.05) is 12.3 Å². The van der Waals surface area contributed by atoms with E-state index in [0.717, 1.165) is 18.4 Å². The Bertz CT molecular complexity index is 742. The SMILES string of the molecule is CCCCCCCCCCCC[SH]=C[C@@H]1CC[C@@H](N(OCc2ccccc2)C(=O)OC(Cl)(Cl)Cl)CN1.